The molecule has 0 saturated heterocycles. The molecule has 1 spiro atoms. The number of hydrogen-bond acceptors (Lipinski definition) is 3. The minimum absolute atomic E-state index is 0.124. The first-order chi connectivity index (χ1) is 16.0. The summed E-state index contributed by atoms with van der Waals surface area (Å²) in [6, 6.07) is 23.1. The van der Waals surface area contributed by atoms with Crippen LogP contribution in [-0.2, 0) is 16.8 Å². The third-order valence-corrected chi connectivity index (χ3v) is 6.92. The number of nitrogens with one attached hydrogen (secondary N) is 2. The lowest BCUT2D eigenvalue weighted by Gasteiger charge is -2.09. The maximum absolute atomic E-state index is 12.8. The van der Waals surface area contributed by atoms with Gasteiger partial charge in [0.05, 0.1) is 16.6 Å². The van der Waals surface area contributed by atoms with Gasteiger partial charge in [0, 0.05) is 23.5 Å². The zero-order valence-corrected chi connectivity index (χ0v) is 18.8. The van der Waals surface area contributed by atoms with Gasteiger partial charge in [-0.3, -0.25) is 9.89 Å². The SMILES string of the molecule is CN(C)Cc1cccc(C=Cc2n[nH]c3cc([C@@H]4C[C@@]45C(=O)Nc4ccccc45)ccc23)c1. The third kappa shape index (κ3) is 3.28. The van der Waals surface area contributed by atoms with Crippen LogP contribution in [0.25, 0.3) is 23.1 Å². The topological polar surface area (TPSA) is 61.0 Å². The Morgan fingerprint density at radius 2 is 1.94 bits per heavy atom. The molecule has 33 heavy (non-hydrogen) atoms. The number of fused-ring (bicyclic) bond motifs is 3. The molecule has 1 aliphatic carbocycles. The largest absolute Gasteiger partial charge is 0.325 e. The first kappa shape index (κ1) is 19.9. The highest BCUT2D eigenvalue weighted by Crippen LogP contribution is 2.64. The molecule has 2 N–H and O–H groups in total. The van der Waals surface area contributed by atoms with Gasteiger partial charge in [0.15, 0.2) is 0 Å². The van der Waals surface area contributed by atoms with Crippen molar-refractivity contribution in [3.8, 4) is 0 Å². The summed E-state index contributed by atoms with van der Waals surface area (Å²) < 4.78 is 0. The lowest BCUT2D eigenvalue weighted by Crippen LogP contribution is -2.20. The van der Waals surface area contributed by atoms with E-state index in [-0.39, 0.29) is 11.8 Å². The van der Waals surface area contributed by atoms with E-state index in [1.807, 2.05) is 18.2 Å². The Hall–Kier alpha value is -3.70. The van der Waals surface area contributed by atoms with E-state index >= 15 is 0 Å². The Balaban J connectivity index is 1.26. The molecule has 164 valence electrons. The molecule has 2 heterocycles. The quantitative estimate of drug-likeness (QED) is 0.455. The van der Waals surface area contributed by atoms with Gasteiger partial charge < -0.3 is 10.2 Å². The Morgan fingerprint density at radius 3 is 2.82 bits per heavy atom. The lowest BCUT2D eigenvalue weighted by atomic mass is 9.92. The second-order valence-corrected chi connectivity index (χ2v) is 9.46. The highest BCUT2D eigenvalue weighted by atomic mass is 16.2. The van der Waals surface area contributed by atoms with Gasteiger partial charge in [-0.1, -0.05) is 60.7 Å². The van der Waals surface area contributed by atoms with Gasteiger partial charge >= 0.3 is 0 Å². The number of para-hydroxylation sites is 1. The number of hydrogen-bond donors (Lipinski definition) is 2. The molecular weight excluding hydrogens is 408 g/mol. The van der Waals surface area contributed by atoms with Crippen LogP contribution in [0.5, 0.6) is 0 Å². The van der Waals surface area contributed by atoms with Gasteiger partial charge in [-0.15, -0.1) is 0 Å². The number of nitrogens with zero attached hydrogens (tertiary/aromatic N) is 2. The molecule has 1 saturated carbocycles. The molecule has 2 aliphatic rings. The van der Waals surface area contributed by atoms with Crippen LogP contribution in [0.15, 0.2) is 66.7 Å². The summed E-state index contributed by atoms with van der Waals surface area (Å²) in [7, 11) is 4.15. The third-order valence-electron chi connectivity index (χ3n) is 6.92. The van der Waals surface area contributed by atoms with E-state index in [2.05, 4.69) is 95.2 Å². The number of anilines is 1. The highest BCUT2D eigenvalue weighted by molar-refractivity contribution is 6.09. The van der Waals surface area contributed by atoms with E-state index in [9.17, 15) is 4.79 Å². The van der Waals surface area contributed by atoms with Crippen molar-refractivity contribution in [2.75, 3.05) is 19.4 Å². The summed E-state index contributed by atoms with van der Waals surface area (Å²) >= 11 is 0. The average Bonchev–Trinajstić information content (AvgIpc) is 3.34. The molecular formula is C28H26N4O. The van der Waals surface area contributed by atoms with Crippen molar-refractivity contribution in [1.29, 1.82) is 0 Å². The molecule has 1 aromatic heterocycles. The fourth-order valence-electron chi connectivity index (χ4n) is 5.29. The average molecular weight is 435 g/mol. The first-order valence-corrected chi connectivity index (χ1v) is 11.4. The van der Waals surface area contributed by atoms with Crippen molar-refractivity contribution >= 4 is 34.6 Å². The first-order valence-electron chi connectivity index (χ1n) is 11.4. The summed E-state index contributed by atoms with van der Waals surface area (Å²) in [5, 5.41) is 11.9. The van der Waals surface area contributed by atoms with E-state index in [1.165, 1.54) is 11.1 Å². The number of benzene rings is 3. The van der Waals surface area contributed by atoms with Crippen LogP contribution >= 0.6 is 0 Å². The summed E-state index contributed by atoms with van der Waals surface area (Å²) in [5.41, 5.74) is 7.23. The number of H-pyrrole nitrogens is 1. The van der Waals surface area contributed by atoms with Gasteiger partial charge in [-0.2, -0.15) is 5.10 Å². The molecule has 0 unspecified atom stereocenters. The molecule has 2 atom stereocenters. The van der Waals surface area contributed by atoms with Crippen LogP contribution in [0.4, 0.5) is 5.69 Å². The summed E-state index contributed by atoms with van der Waals surface area (Å²) in [4.78, 5) is 15.0. The van der Waals surface area contributed by atoms with Crippen LogP contribution in [0.2, 0.25) is 0 Å². The van der Waals surface area contributed by atoms with Crippen LogP contribution in [0, 0.1) is 0 Å². The van der Waals surface area contributed by atoms with Crippen molar-refractivity contribution in [3.63, 3.8) is 0 Å². The molecule has 0 radical (unpaired) electrons. The van der Waals surface area contributed by atoms with E-state index in [1.54, 1.807) is 0 Å². The van der Waals surface area contributed by atoms with Crippen molar-refractivity contribution in [3.05, 3.63) is 94.7 Å². The van der Waals surface area contributed by atoms with Crippen molar-refractivity contribution < 1.29 is 4.79 Å². The van der Waals surface area contributed by atoms with Gasteiger partial charge in [0.1, 0.15) is 0 Å². The molecule has 5 nitrogen and oxygen atoms in total. The smallest absolute Gasteiger partial charge is 0.235 e. The fraction of sp³-hybridized carbons (Fsp3) is 0.214. The second kappa shape index (κ2) is 7.42. The molecule has 1 amide bonds. The van der Waals surface area contributed by atoms with Crippen LogP contribution in [0.1, 0.15) is 40.3 Å². The standard InChI is InChI=1S/C28H26N4O/c1-32(2)17-19-7-5-6-18(14-19)10-13-24-21-12-11-20(15-26(21)31-30-24)23-16-28(23)22-8-3-4-9-25(22)29-27(28)33/h3-15,23H,16-17H2,1-2H3,(H,29,33)(H,30,31)/t23-,28-/m0/s1. The number of carbonyl (C=O) groups is 1. The maximum atomic E-state index is 12.8. The highest BCUT2D eigenvalue weighted by Gasteiger charge is 2.65. The van der Waals surface area contributed by atoms with Gasteiger partial charge in [0.25, 0.3) is 0 Å². The Bertz CT molecular complexity index is 1420. The van der Waals surface area contributed by atoms with Gasteiger partial charge in [-0.25, -0.2) is 0 Å². The zero-order valence-electron chi connectivity index (χ0n) is 18.8. The van der Waals surface area contributed by atoms with E-state index in [4.69, 9.17) is 0 Å². The van der Waals surface area contributed by atoms with E-state index < -0.39 is 5.41 Å². The van der Waals surface area contributed by atoms with Gasteiger partial charge in [0.2, 0.25) is 5.91 Å². The monoisotopic (exact) mass is 434 g/mol. The minimum atomic E-state index is -0.412. The number of aromatic nitrogens is 2. The van der Waals surface area contributed by atoms with E-state index in [0.717, 1.165) is 46.4 Å². The van der Waals surface area contributed by atoms with E-state index in [0.29, 0.717) is 0 Å². The second-order valence-electron chi connectivity index (χ2n) is 9.46. The lowest BCUT2D eigenvalue weighted by molar-refractivity contribution is -0.118. The molecule has 4 aromatic rings. The fourth-order valence-corrected chi connectivity index (χ4v) is 5.29. The van der Waals surface area contributed by atoms with Gasteiger partial charge in [-0.05, 0) is 61.0 Å². The molecule has 6 rings (SSSR count). The zero-order chi connectivity index (χ0) is 22.6. The number of amides is 1. The summed E-state index contributed by atoms with van der Waals surface area (Å²) in [6.45, 7) is 0.918. The normalized spacial score (nSPS) is 21.3. The minimum Gasteiger partial charge on any atom is -0.325 e. The van der Waals surface area contributed by atoms with Crippen molar-refractivity contribution in [1.82, 2.24) is 15.1 Å². The Morgan fingerprint density at radius 1 is 1.06 bits per heavy atom. The number of aromatic amines is 1. The van der Waals surface area contributed by atoms with Crippen molar-refractivity contribution in [2.24, 2.45) is 0 Å². The van der Waals surface area contributed by atoms with Crippen LogP contribution in [0.3, 0.4) is 0 Å². The van der Waals surface area contributed by atoms with Crippen LogP contribution in [-0.4, -0.2) is 35.1 Å². The Labute approximate surface area is 193 Å². The summed E-state index contributed by atoms with van der Waals surface area (Å²) in [6.07, 6.45) is 5.02. The predicted octanol–water partition coefficient (Wildman–Crippen LogP) is 5.17. The maximum Gasteiger partial charge on any atom is 0.235 e. The Kier molecular flexibility index (Phi) is 4.49. The summed E-state index contributed by atoms with van der Waals surface area (Å²) in [5.74, 6) is 0.325. The predicted molar refractivity (Wildman–Crippen MR) is 133 cm³/mol. The molecule has 5 heteroatoms. The molecule has 1 aliphatic heterocycles. The number of carbonyl (C=O) groups excluding carboxylic acids is 1. The van der Waals surface area contributed by atoms with Crippen LogP contribution < -0.4 is 5.32 Å². The molecule has 1 fully saturated rings. The number of rotatable bonds is 5. The molecule has 3 aromatic carbocycles. The van der Waals surface area contributed by atoms with Crippen molar-refractivity contribution in [2.45, 2.75) is 24.3 Å². The molecule has 0 bridgehead atoms.